The Morgan fingerprint density at radius 1 is 1.12 bits per heavy atom. The quantitative estimate of drug-likeness (QED) is 0.780. The summed E-state index contributed by atoms with van der Waals surface area (Å²) in [6.45, 7) is 1.09. The second-order valence-electron chi connectivity index (χ2n) is 6.49. The summed E-state index contributed by atoms with van der Waals surface area (Å²) in [5.74, 6) is -0.0634. The molecule has 2 aromatic carbocycles. The van der Waals surface area contributed by atoms with Gasteiger partial charge in [-0.3, -0.25) is 4.79 Å². The van der Waals surface area contributed by atoms with Crippen LogP contribution in [0.5, 0.6) is 0 Å². The minimum atomic E-state index is -0.0634. The number of benzene rings is 2. The second kappa shape index (κ2) is 5.71. The Balaban J connectivity index is 1.65. The van der Waals surface area contributed by atoms with Crippen LogP contribution in [0.3, 0.4) is 0 Å². The predicted octanol–water partition coefficient (Wildman–Crippen LogP) is 3.81. The van der Waals surface area contributed by atoms with E-state index < -0.39 is 0 Å². The van der Waals surface area contributed by atoms with Gasteiger partial charge in [-0.15, -0.1) is 0 Å². The van der Waals surface area contributed by atoms with Gasteiger partial charge in [0.2, 0.25) is 0 Å². The van der Waals surface area contributed by atoms with Crippen molar-refractivity contribution in [3.8, 4) is 0 Å². The topological polar surface area (TPSA) is 37.3 Å². The van der Waals surface area contributed by atoms with Gasteiger partial charge in [-0.2, -0.15) is 0 Å². The summed E-state index contributed by atoms with van der Waals surface area (Å²) >= 11 is 0. The normalized spacial score (nSPS) is 13.8. The molecule has 4 heteroatoms. The summed E-state index contributed by atoms with van der Waals surface area (Å²) in [4.78, 5) is 15.0. The fraction of sp³-hybridized carbons (Fsp3) is 0.250. The highest BCUT2D eigenvalue weighted by Crippen LogP contribution is 2.29. The minimum Gasteiger partial charge on any atom is -0.374 e. The molecule has 24 heavy (non-hydrogen) atoms. The maximum atomic E-state index is 12.8. The van der Waals surface area contributed by atoms with E-state index in [1.54, 1.807) is 0 Å². The maximum absolute atomic E-state index is 12.8. The third-order valence-corrected chi connectivity index (χ3v) is 4.83. The largest absolute Gasteiger partial charge is 0.374 e. The first-order chi connectivity index (χ1) is 11.6. The van der Waals surface area contributed by atoms with Crippen LogP contribution < -0.4 is 10.2 Å². The van der Waals surface area contributed by atoms with Crippen molar-refractivity contribution < 1.29 is 4.79 Å². The number of para-hydroxylation sites is 1. The molecule has 1 N–H and O–H groups in total. The molecule has 3 aromatic rings. The molecule has 0 spiro atoms. The molecule has 0 aliphatic carbocycles. The molecule has 1 aliphatic rings. The zero-order valence-electron chi connectivity index (χ0n) is 14.0. The summed E-state index contributed by atoms with van der Waals surface area (Å²) in [6, 6.07) is 14.1. The Bertz CT molecular complexity index is 926. The van der Waals surface area contributed by atoms with Crippen LogP contribution >= 0.6 is 0 Å². The van der Waals surface area contributed by atoms with Crippen molar-refractivity contribution in [2.24, 2.45) is 7.05 Å². The van der Waals surface area contributed by atoms with Crippen LogP contribution in [0.1, 0.15) is 22.3 Å². The van der Waals surface area contributed by atoms with Crippen LogP contribution in [0.2, 0.25) is 0 Å². The Labute approximate surface area is 141 Å². The van der Waals surface area contributed by atoms with Crippen LogP contribution in [0.15, 0.2) is 48.7 Å². The third-order valence-electron chi connectivity index (χ3n) is 4.83. The number of aryl methyl sites for hydroxylation is 2. The molecule has 1 aromatic heterocycles. The van der Waals surface area contributed by atoms with E-state index in [9.17, 15) is 4.79 Å². The van der Waals surface area contributed by atoms with E-state index in [0.717, 1.165) is 36.0 Å². The minimum absolute atomic E-state index is 0.0634. The van der Waals surface area contributed by atoms with Gasteiger partial charge in [0, 0.05) is 43.6 Å². The number of amides is 1. The number of nitrogens with one attached hydrogen (secondary N) is 1. The highest BCUT2D eigenvalue weighted by Gasteiger charge is 2.16. The number of nitrogens with zero attached hydrogens (tertiary/aromatic N) is 2. The maximum Gasteiger partial charge on any atom is 0.257 e. The molecule has 0 bridgehead atoms. The second-order valence-corrected chi connectivity index (χ2v) is 6.49. The van der Waals surface area contributed by atoms with Gasteiger partial charge in [0.15, 0.2) is 0 Å². The standard InChI is InChI=1S/C20H21N3O/c1-22-11-4-6-15-13-16(8-9-18(15)22)21-20(24)17-7-3-5-14-10-12-23(2)19(14)17/h3,5,7-10,12-13H,4,6,11H2,1-2H3,(H,21,24). The van der Waals surface area contributed by atoms with Crippen LogP contribution in [-0.4, -0.2) is 24.1 Å². The van der Waals surface area contributed by atoms with E-state index in [2.05, 4.69) is 29.4 Å². The van der Waals surface area contributed by atoms with Gasteiger partial charge in [-0.05, 0) is 48.7 Å². The Morgan fingerprint density at radius 3 is 2.88 bits per heavy atom. The van der Waals surface area contributed by atoms with E-state index >= 15 is 0 Å². The van der Waals surface area contributed by atoms with Crippen molar-refractivity contribution in [2.75, 3.05) is 23.8 Å². The molecule has 122 valence electrons. The molecule has 4 rings (SSSR count). The smallest absolute Gasteiger partial charge is 0.257 e. The number of carbonyl (C=O) groups is 1. The van der Waals surface area contributed by atoms with E-state index in [0.29, 0.717) is 5.56 Å². The highest BCUT2D eigenvalue weighted by molar-refractivity contribution is 6.12. The predicted molar refractivity (Wildman–Crippen MR) is 98.9 cm³/mol. The van der Waals surface area contributed by atoms with E-state index in [1.165, 1.54) is 11.3 Å². The Hall–Kier alpha value is -2.75. The van der Waals surface area contributed by atoms with Crippen LogP contribution in [0, 0.1) is 0 Å². The molecule has 1 amide bonds. The fourth-order valence-corrected chi connectivity index (χ4v) is 3.60. The average Bonchev–Trinajstić information content (AvgIpc) is 2.96. The number of rotatable bonds is 2. The molecule has 2 heterocycles. The number of aromatic nitrogens is 1. The van der Waals surface area contributed by atoms with E-state index in [1.807, 2.05) is 48.1 Å². The van der Waals surface area contributed by atoms with E-state index in [4.69, 9.17) is 0 Å². The SMILES string of the molecule is CN1CCCc2cc(NC(=O)c3cccc4ccn(C)c34)ccc21. The number of carbonyl (C=O) groups excluding carboxylic acids is 1. The van der Waals surface area contributed by atoms with E-state index in [-0.39, 0.29) is 5.91 Å². The molecule has 0 fully saturated rings. The highest BCUT2D eigenvalue weighted by atomic mass is 16.1. The lowest BCUT2D eigenvalue weighted by Gasteiger charge is -2.27. The summed E-state index contributed by atoms with van der Waals surface area (Å²) < 4.78 is 1.99. The van der Waals surface area contributed by atoms with Gasteiger partial charge in [-0.25, -0.2) is 0 Å². The monoisotopic (exact) mass is 319 g/mol. The number of hydrogen-bond acceptors (Lipinski definition) is 2. The van der Waals surface area contributed by atoms with Crippen molar-refractivity contribution in [3.63, 3.8) is 0 Å². The van der Waals surface area contributed by atoms with Crippen LogP contribution in [0.4, 0.5) is 11.4 Å². The molecular weight excluding hydrogens is 298 g/mol. The summed E-state index contributed by atoms with van der Waals surface area (Å²) in [5.41, 5.74) is 5.10. The van der Waals surface area contributed by atoms with Gasteiger partial charge in [-0.1, -0.05) is 12.1 Å². The molecule has 4 nitrogen and oxygen atoms in total. The van der Waals surface area contributed by atoms with Gasteiger partial charge in [0.25, 0.3) is 5.91 Å². The van der Waals surface area contributed by atoms with Crippen LogP contribution in [-0.2, 0) is 13.5 Å². The molecule has 0 radical (unpaired) electrons. The van der Waals surface area contributed by atoms with Crippen molar-refractivity contribution in [1.29, 1.82) is 0 Å². The lowest BCUT2D eigenvalue weighted by atomic mass is 10.0. The summed E-state index contributed by atoms with van der Waals surface area (Å²) in [7, 11) is 4.08. The molecule has 0 saturated carbocycles. The van der Waals surface area contributed by atoms with Crippen molar-refractivity contribution in [1.82, 2.24) is 4.57 Å². The lowest BCUT2D eigenvalue weighted by molar-refractivity contribution is 0.102. The molecule has 1 aliphatic heterocycles. The molecule has 0 unspecified atom stereocenters. The van der Waals surface area contributed by atoms with Crippen molar-refractivity contribution >= 4 is 28.2 Å². The van der Waals surface area contributed by atoms with Gasteiger partial charge in [0.1, 0.15) is 0 Å². The van der Waals surface area contributed by atoms with Crippen LogP contribution in [0.25, 0.3) is 10.9 Å². The first-order valence-corrected chi connectivity index (χ1v) is 8.33. The number of hydrogen-bond donors (Lipinski definition) is 1. The van der Waals surface area contributed by atoms with Gasteiger partial charge < -0.3 is 14.8 Å². The fourth-order valence-electron chi connectivity index (χ4n) is 3.60. The Kier molecular flexibility index (Phi) is 3.53. The zero-order valence-corrected chi connectivity index (χ0v) is 14.0. The Morgan fingerprint density at radius 2 is 2.00 bits per heavy atom. The summed E-state index contributed by atoms with van der Waals surface area (Å²) in [6.07, 6.45) is 4.20. The lowest BCUT2D eigenvalue weighted by Crippen LogP contribution is -2.24. The van der Waals surface area contributed by atoms with Gasteiger partial charge in [0.05, 0.1) is 11.1 Å². The van der Waals surface area contributed by atoms with Crippen molar-refractivity contribution in [2.45, 2.75) is 12.8 Å². The molecule has 0 saturated heterocycles. The third kappa shape index (κ3) is 2.44. The first kappa shape index (κ1) is 14.8. The first-order valence-electron chi connectivity index (χ1n) is 8.33. The van der Waals surface area contributed by atoms with Crippen molar-refractivity contribution in [3.05, 3.63) is 59.8 Å². The average molecular weight is 319 g/mol. The molecule has 0 atom stereocenters. The summed E-state index contributed by atoms with van der Waals surface area (Å²) in [5, 5.41) is 4.14. The van der Waals surface area contributed by atoms with Gasteiger partial charge >= 0.3 is 0 Å². The molecular formula is C20H21N3O. The number of anilines is 2. The zero-order chi connectivity index (χ0) is 16.7. The number of fused-ring (bicyclic) bond motifs is 2.